The molecular formula is C98H98N22. The van der Waals surface area contributed by atoms with Crippen molar-refractivity contribution < 1.29 is 0 Å². The molecular weight excluding hydrogens is 1490 g/mol. The van der Waals surface area contributed by atoms with Crippen molar-refractivity contribution in [1.82, 2.24) is 79.7 Å². The van der Waals surface area contributed by atoms with Crippen LogP contribution in [0.4, 0.5) is 0 Å². The minimum absolute atomic E-state index is 0.231. The highest BCUT2D eigenvalue weighted by Gasteiger charge is 2.12. The minimum Gasteiger partial charge on any atom is -0.240 e. The molecule has 600 valence electrons. The average molecular weight is 1580 g/mol. The second-order valence-electron chi connectivity index (χ2n) is 29.6. The summed E-state index contributed by atoms with van der Waals surface area (Å²) >= 11 is 0. The van der Waals surface area contributed by atoms with Gasteiger partial charge in [0, 0.05) is 156 Å². The van der Waals surface area contributed by atoms with Gasteiger partial charge in [-0.15, -0.1) is 0 Å². The Balaban J connectivity index is 0.000000190. The van der Waals surface area contributed by atoms with E-state index in [1.54, 1.807) is 79.6 Å². The zero-order valence-corrected chi connectivity index (χ0v) is 70.7. The highest BCUT2D eigenvalue weighted by molar-refractivity contribution is 5.65. The van der Waals surface area contributed by atoms with Crippen molar-refractivity contribution in [2.45, 2.75) is 158 Å². The van der Waals surface area contributed by atoms with Crippen molar-refractivity contribution in [3.63, 3.8) is 0 Å². The fourth-order valence-electron chi connectivity index (χ4n) is 10.2. The van der Waals surface area contributed by atoms with Crippen molar-refractivity contribution in [3.05, 3.63) is 336 Å². The first-order valence-electron chi connectivity index (χ1n) is 39.3. The van der Waals surface area contributed by atoms with Crippen LogP contribution in [0.15, 0.2) is 257 Å². The molecule has 0 aliphatic heterocycles. The number of nitriles is 6. The molecule has 0 aliphatic rings. The molecule has 0 saturated heterocycles. The lowest BCUT2D eigenvalue weighted by Crippen LogP contribution is -1.96. The number of hydrogen-bond acceptors (Lipinski definition) is 22. The molecule has 0 amide bonds. The summed E-state index contributed by atoms with van der Waals surface area (Å²) in [5.74, 6) is 8.88. The molecule has 14 rings (SSSR count). The number of benzene rings is 6. The van der Waals surface area contributed by atoms with Crippen molar-refractivity contribution in [1.29, 1.82) is 31.6 Å². The van der Waals surface area contributed by atoms with Crippen LogP contribution >= 0.6 is 0 Å². The highest BCUT2D eigenvalue weighted by atomic mass is 14.9. The number of aromatic nitrogens is 16. The Kier molecular flexibility index (Phi) is 37.1. The van der Waals surface area contributed by atoms with Crippen LogP contribution in [0.1, 0.15) is 237 Å². The molecule has 22 nitrogen and oxygen atoms in total. The molecule has 8 aromatic heterocycles. The van der Waals surface area contributed by atoms with E-state index >= 15 is 0 Å². The second kappa shape index (κ2) is 48.3. The van der Waals surface area contributed by atoms with Crippen LogP contribution in [-0.2, 0) is 0 Å². The molecule has 0 bridgehead atoms. The van der Waals surface area contributed by atoms with Gasteiger partial charge in [-0.2, -0.15) is 31.6 Å². The molecule has 0 saturated carbocycles. The molecule has 0 unspecified atom stereocenters. The van der Waals surface area contributed by atoms with Gasteiger partial charge in [0.05, 0.1) is 52.1 Å². The van der Waals surface area contributed by atoms with Gasteiger partial charge in [0.2, 0.25) is 5.82 Å². The standard InChI is InChI=1S/4C14H13N3.2C13H14N2.2C8H9N3/c1-10(2)14-16-8-13(9-17-14)12-5-3-11(7-15)4-6-12;1-10(2)13-8-16-14(17-9-13)12-5-3-11(7-15)4-6-12;1-10(2)14-16-8-13(9-17-14)12-5-3-4-11(6-12)7-15;1-10(2)13-8-16-14(17-9-13)12-5-3-4-11(6-12)7-15;1-10(2)13-14-8-12(9-15-13)11-6-4-3-5-7-11;1-10(2)12-8-14-13(15-9-12)11-6-4-3-5-7-11;1-6(2)7-4-10-8(3-9)11-5-7;1-6(2)8-10-4-7(3-9)5-11-8/h4*3-6,8-10H,1-2H3;2*3-10H,1-2H3;2*4-6H,1-2H3. The Morgan fingerprint density at radius 2 is 0.433 bits per heavy atom. The Labute approximate surface area is 705 Å². The molecule has 0 radical (unpaired) electrons. The van der Waals surface area contributed by atoms with E-state index in [-0.39, 0.29) is 5.82 Å². The van der Waals surface area contributed by atoms with Crippen molar-refractivity contribution in [2.75, 3.05) is 0 Å². The van der Waals surface area contributed by atoms with Crippen LogP contribution in [0.25, 0.3) is 67.5 Å². The summed E-state index contributed by atoms with van der Waals surface area (Å²) < 4.78 is 0. The number of nitrogens with zero attached hydrogens (tertiary/aromatic N) is 22. The van der Waals surface area contributed by atoms with Gasteiger partial charge in [0.15, 0.2) is 17.5 Å². The summed E-state index contributed by atoms with van der Waals surface area (Å²) in [6.07, 6.45) is 28.7. The van der Waals surface area contributed by atoms with Gasteiger partial charge in [-0.05, 0) is 123 Å². The van der Waals surface area contributed by atoms with Crippen molar-refractivity contribution in [2.24, 2.45) is 0 Å². The van der Waals surface area contributed by atoms with Crippen molar-refractivity contribution in [3.8, 4) is 104 Å². The predicted octanol–water partition coefficient (Wildman–Crippen LogP) is 22.0. The lowest BCUT2D eigenvalue weighted by molar-refractivity contribution is 0.772. The van der Waals surface area contributed by atoms with Crippen LogP contribution in [0.3, 0.4) is 0 Å². The van der Waals surface area contributed by atoms with Gasteiger partial charge >= 0.3 is 0 Å². The lowest BCUT2D eigenvalue weighted by Gasteiger charge is -2.05. The van der Waals surface area contributed by atoms with E-state index in [0.29, 0.717) is 86.8 Å². The van der Waals surface area contributed by atoms with Crippen molar-refractivity contribution >= 4 is 0 Å². The summed E-state index contributed by atoms with van der Waals surface area (Å²) in [6.45, 7) is 33.3. The van der Waals surface area contributed by atoms with E-state index in [9.17, 15) is 0 Å². The molecule has 0 spiro atoms. The largest absolute Gasteiger partial charge is 0.240 e. The molecule has 8 heterocycles. The summed E-state index contributed by atoms with van der Waals surface area (Å²) in [7, 11) is 0. The molecule has 0 N–H and O–H groups in total. The molecule has 0 fully saturated rings. The van der Waals surface area contributed by atoms with E-state index in [4.69, 9.17) is 31.6 Å². The Hall–Kier alpha value is -15.1. The maximum absolute atomic E-state index is 8.84. The summed E-state index contributed by atoms with van der Waals surface area (Å²) in [6, 6.07) is 61.9. The predicted molar refractivity (Wildman–Crippen MR) is 470 cm³/mol. The Morgan fingerprint density at radius 3 is 0.742 bits per heavy atom. The third-order valence-corrected chi connectivity index (χ3v) is 17.7. The first kappa shape index (κ1) is 92.1. The molecule has 0 aliphatic carbocycles. The first-order chi connectivity index (χ1) is 57.8. The van der Waals surface area contributed by atoms with Gasteiger partial charge in [-0.1, -0.05) is 208 Å². The zero-order valence-electron chi connectivity index (χ0n) is 70.7. The normalized spacial score (nSPS) is 10.2. The minimum atomic E-state index is 0.231. The maximum Gasteiger partial charge on any atom is 0.232 e. The molecule has 0 atom stereocenters. The van der Waals surface area contributed by atoms with E-state index in [1.165, 1.54) is 5.56 Å². The number of rotatable bonds is 14. The van der Waals surface area contributed by atoms with Gasteiger partial charge in [-0.3, -0.25) is 0 Å². The van der Waals surface area contributed by atoms with E-state index in [2.05, 4.69) is 213 Å². The fourth-order valence-corrected chi connectivity index (χ4v) is 10.2. The lowest BCUT2D eigenvalue weighted by atomic mass is 10.1. The first-order valence-corrected chi connectivity index (χ1v) is 39.3. The summed E-state index contributed by atoms with van der Waals surface area (Å²) in [4.78, 5) is 67.7. The van der Waals surface area contributed by atoms with Crippen LogP contribution in [-0.4, -0.2) is 79.7 Å². The topological polar surface area (TPSA) is 349 Å². The van der Waals surface area contributed by atoms with Gasteiger partial charge < -0.3 is 0 Å². The summed E-state index contributed by atoms with van der Waals surface area (Å²) in [5, 5.41) is 51.9. The van der Waals surface area contributed by atoms with Crippen LogP contribution < -0.4 is 0 Å². The van der Waals surface area contributed by atoms with Crippen LogP contribution in [0.2, 0.25) is 0 Å². The fraction of sp³-hybridized carbons (Fsp3) is 0.245. The highest BCUT2D eigenvalue weighted by Crippen LogP contribution is 2.26. The van der Waals surface area contributed by atoms with Crippen LogP contribution in [0.5, 0.6) is 0 Å². The Morgan fingerprint density at radius 1 is 0.183 bits per heavy atom. The van der Waals surface area contributed by atoms with Gasteiger partial charge in [0.25, 0.3) is 0 Å². The molecule has 120 heavy (non-hydrogen) atoms. The summed E-state index contributed by atoms with van der Waals surface area (Å²) in [5.41, 5.74) is 16.6. The molecule has 14 aromatic rings. The second-order valence-corrected chi connectivity index (χ2v) is 29.6. The quantitative estimate of drug-likeness (QED) is 0.0975. The smallest absolute Gasteiger partial charge is 0.232 e. The number of hydrogen-bond donors (Lipinski definition) is 0. The average Bonchev–Trinajstić information content (AvgIpc) is 0.853. The van der Waals surface area contributed by atoms with E-state index in [1.807, 2.05) is 191 Å². The zero-order chi connectivity index (χ0) is 86.9. The van der Waals surface area contributed by atoms with Gasteiger partial charge in [-0.25, -0.2) is 79.7 Å². The van der Waals surface area contributed by atoms with Crippen LogP contribution in [0, 0.1) is 68.0 Å². The molecule has 6 aromatic carbocycles. The monoisotopic (exact) mass is 1580 g/mol. The molecule has 22 heteroatoms. The third kappa shape index (κ3) is 29.9. The third-order valence-electron chi connectivity index (χ3n) is 17.7. The van der Waals surface area contributed by atoms with E-state index in [0.717, 1.165) is 95.9 Å². The van der Waals surface area contributed by atoms with E-state index < -0.39 is 0 Å². The SMILES string of the molecule is CC(C)c1cnc(-c2ccc(C#N)cc2)nc1.CC(C)c1cnc(-c2cccc(C#N)c2)nc1.CC(C)c1cnc(-c2ccccc2)nc1.CC(C)c1cnc(C#N)nc1.CC(C)c1ncc(-c2ccc(C#N)cc2)cn1.CC(C)c1ncc(-c2cccc(C#N)c2)cn1.CC(C)c1ncc(-c2ccccc2)cn1.CC(C)c1ncc(C#N)cn1. The Bertz CT molecular complexity index is 5310. The maximum atomic E-state index is 8.84. The van der Waals surface area contributed by atoms with Gasteiger partial charge in [0.1, 0.15) is 35.4 Å².